The maximum Gasteiger partial charge on any atom is 0.264 e. The van der Waals surface area contributed by atoms with Crippen LogP contribution < -0.4 is 18.5 Å². The van der Waals surface area contributed by atoms with E-state index in [1.807, 2.05) is 0 Å². The third-order valence-corrected chi connectivity index (χ3v) is 5.80. The second-order valence-corrected chi connectivity index (χ2v) is 7.55. The lowest BCUT2D eigenvalue weighted by Gasteiger charge is -2.25. The number of ether oxygens (including phenoxy) is 3. The van der Waals surface area contributed by atoms with E-state index in [9.17, 15) is 12.8 Å². The molecule has 0 aliphatic carbocycles. The second kappa shape index (κ2) is 8.49. The summed E-state index contributed by atoms with van der Waals surface area (Å²) in [5, 5.41) is 0.254. The van der Waals surface area contributed by atoms with E-state index in [-0.39, 0.29) is 39.4 Å². The Kier molecular flexibility index (Phi) is 6.56. The predicted molar refractivity (Wildman–Crippen MR) is 102 cm³/mol. The lowest BCUT2D eigenvalue weighted by atomic mass is 10.2. The summed E-state index contributed by atoms with van der Waals surface area (Å²) in [6.45, 7) is 3.51. The van der Waals surface area contributed by atoms with Gasteiger partial charge in [-0.25, -0.2) is 12.8 Å². The molecule has 2 rings (SSSR count). The van der Waals surface area contributed by atoms with Crippen molar-refractivity contribution in [2.24, 2.45) is 0 Å². The van der Waals surface area contributed by atoms with Gasteiger partial charge in [0.1, 0.15) is 11.5 Å². The normalized spacial score (nSPS) is 11.0. The van der Waals surface area contributed by atoms with Crippen LogP contribution in [0.2, 0.25) is 5.02 Å². The lowest BCUT2D eigenvalue weighted by molar-refractivity contribution is 0.385. The number of rotatable bonds is 8. The summed E-state index contributed by atoms with van der Waals surface area (Å²) in [6, 6.07) is 6.27. The minimum atomic E-state index is -4.15. The van der Waals surface area contributed by atoms with Gasteiger partial charge in [0, 0.05) is 12.1 Å². The van der Waals surface area contributed by atoms with Gasteiger partial charge in [0.05, 0.1) is 43.5 Å². The summed E-state index contributed by atoms with van der Waals surface area (Å²) in [5.41, 5.74) is 0.176. The third-order valence-electron chi connectivity index (χ3n) is 3.73. The summed E-state index contributed by atoms with van der Waals surface area (Å²) in [6.07, 6.45) is 1.40. The summed E-state index contributed by atoms with van der Waals surface area (Å²) in [7, 11) is -0.0654. The molecule has 0 bridgehead atoms. The number of methoxy groups -OCH3 is 3. The molecule has 0 aliphatic rings. The highest BCUT2D eigenvalue weighted by Crippen LogP contribution is 2.40. The third kappa shape index (κ3) is 4.12. The van der Waals surface area contributed by atoms with Crippen molar-refractivity contribution in [1.82, 2.24) is 0 Å². The first-order valence-corrected chi connectivity index (χ1v) is 9.50. The van der Waals surface area contributed by atoms with E-state index < -0.39 is 15.8 Å². The zero-order valence-electron chi connectivity index (χ0n) is 15.0. The molecule has 0 saturated carbocycles. The first kappa shape index (κ1) is 20.9. The Morgan fingerprint density at radius 1 is 1.07 bits per heavy atom. The summed E-state index contributed by atoms with van der Waals surface area (Å²) < 4.78 is 56.7. The largest absolute Gasteiger partial charge is 0.495 e. The van der Waals surface area contributed by atoms with Gasteiger partial charge in [0.25, 0.3) is 10.0 Å². The fourth-order valence-corrected chi connectivity index (χ4v) is 4.10. The number of halogens is 2. The van der Waals surface area contributed by atoms with Crippen molar-refractivity contribution >= 4 is 27.3 Å². The number of sulfonamides is 1. The van der Waals surface area contributed by atoms with Crippen molar-refractivity contribution in [2.75, 3.05) is 32.2 Å². The van der Waals surface area contributed by atoms with E-state index in [0.717, 1.165) is 10.4 Å². The molecule has 27 heavy (non-hydrogen) atoms. The average Bonchev–Trinajstić information content (AvgIpc) is 2.65. The standard InChI is InChI=1S/C18H19ClFNO5S/c1-5-8-21(15-11-17(25-3)13(19)10-18(15)26-4)27(22,23)12-6-7-16(24-2)14(20)9-12/h5-7,9-11H,1,8H2,2-4H3. The monoisotopic (exact) mass is 415 g/mol. The quantitative estimate of drug-likeness (QED) is 0.612. The summed E-state index contributed by atoms with van der Waals surface area (Å²) >= 11 is 6.09. The molecule has 0 aliphatic heterocycles. The molecule has 9 heteroatoms. The van der Waals surface area contributed by atoms with E-state index in [1.54, 1.807) is 0 Å². The molecule has 2 aromatic rings. The van der Waals surface area contributed by atoms with E-state index >= 15 is 0 Å². The molecule has 2 aromatic carbocycles. The Morgan fingerprint density at radius 2 is 1.70 bits per heavy atom. The van der Waals surface area contributed by atoms with Crippen LogP contribution in [0.3, 0.4) is 0 Å². The molecular formula is C18H19ClFNO5S. The number of hydrogen-bond acceptors (Lipinski definition) is 5. The minimum Gasteiger partial charge on any atom is -0.495 e. The van der Waals surface area contributed by atoms with Gasteiger partial charge in [-0.1, -0.05) is 17.7 Å². The number of benzene rings is 2. The van der Waals surface area contributed by atoms with E-state index in [4.69, 9.17) is 25.8 Å². The Bertz CT molecular complexity index is 949. The van der Waals surface area contributed by atoms with Gasteiger partial charge >= 0.3 is 0 Å². The first-order valence-electron chi connectivity index (χ1n) is 7.68. The number of hydrogen-bond donors (Lipinski definition) is 0. The van der Waals surface area contributed by atoms with E-state index in [0.29, 0.717) is 0 Å². The van der Waals surface area contributed by atoms with Crippen LogP contribution >= 0.6 is 11.6 Å². The predicted octanol–water partition coefficient (Wildman–Crippen LogP) is 3.89. The molecule has 0 unspecified atom stereocenters. The van der Waals surface area contributed by atoms with Crippen LogP contribution in [0.4, 0.5) is 10.1 Å². The molecule has 0 fully saturated rings. The molecule has 0 amide bonds. The smallest absolute Gasteiger partial charge is 0.264 e. The number of nitrogens with zero attached hydrogens (tertiary/aromatic N) is 1. The van der Waals surface area contributed by atoms with Crippen LogP contribution in [0.15, 0.2) is 47.9 Å². The van der Waals surface area contributed by atoms with Crippen molar-refractivity contribution in [3.8, 4) is 17.2 Å². The van der Waals surface area contributed by atoms with Gasteiger partial charge in [-0.05, 0) is 18.2 Å². The van der Waals surface area contributed by atoms with Crippen LogP contribution in [-0.2, 0) is 10.0 Å². The van der Waals surface area contributed by atoms with Crippen molar-refractivity contribution in [3.05, 3.63) is 53.8 Å². The summed E-state index contributed by atoms with van der Waals surface area (Å²) in [5.74, 6) is -0.384. The molecular weight excluding hydrogens is 397 g/mol. The van der Waals surface area contributed by atoms with Crippen LogP contribution in [0, 0.1) is 5.82 Å². The zero-order chi connectivity index (χ0) is 20.2. The van der Waals surface area contributed by atoms with Crippen LogP contribution in [-0.4, -0.2) is 36.3 Å². The molecule has 0 saturated heterocycles. The Labute approximate surface area is 162 Å². The lowest BCUT2D eigenvalue weighted by Crippen LogP contribution is -2.31. The Balaban J connectivity index is 2.66. The van der Waals surface area contributed by atoms with Gasteiger partial charge < -0.3 is 14.2 Å². The van der Waals surface area contributed by atoms with Crippen LogP contribution in [0.1, 0.15) is 0 Å². The van der Waals surface area contributed by atoms with E-state index in [2.05, 4.69) is 6.58 Å². The molecule has 0 spiro atoms. The highest BCUT2D eigenvalue weighted by molar-refractivity contribution is 7.92. The minimum absolute atomic E-state index is 0.0602. The maximum atomic E-state index is 14.1. The molecule has 146 valence electrons. The zero-order valence-corrected chi connectivity index (χ0v) is 16.6. The fourth-order valence-electron chi connectivity index (χ4n) is 2.42. The Morgan fingerprint density at radius 3 is 2.22 bits per heavy atom. The first-order chi connectivity index (χ1) is 12.8. The highest BCUT2D eigenvalue weighted by Gasteiger charge is 2.28. The maximum absolute atomic E-state index is 14.1. The molecule has 0 radical (unpaired) electrons. The van der Waals surface area contributed by atoms with Gasteiger partial charge in [-0.15, -0.1) is 6.58 Å². The van der Waals surface area contributed by atoms with Crippen molar-refractivity contribution in [2.45, 2.75) is 4.90 Å². The van der Waals surface area contributed by atoms with Gasteiger partial charge in [0.15, 0.2) is 11.6 Å². The van der Waals surface area contributed by atoms with Gasteiger partial charge in [0.2, 0.25) is 0 Å². The topological polar surface area (TPSA) is 65.1 Å². The van der Waals surface area contributed by atoms with E-state index in [1.165, 1.54) is 51.7 Å². The number of anilines is 1. The summed E-state index contributed by atoms with van der Waals surface area (Å²) in [4.78, 5) is -0.251. The SMILES string of the molecule is C=CCN(c1cc(OC)c(Cl)cc1OC)S(=O)(=O)c1ccc(OC)c(F)c1. The molecule has 0 N–H and O–H groups in total. The van der Waals surface area contributed by atoms with Crippen LogP contribution in [0.5, 0.6) is 17.2 Å². The van der Waals surface area contributed by atoms with Crippen molar-refractivity contribution < 1.29 is 27.0 Å². The molecule has 0 aromatic heterocycles. The second-order valence-electron chi connectivity index (χ2n) is 5.28. The van der Waals surface area contributed by atoms with Crippen molar-refractivity contribution in [1.29, 1.82) is 0 Å². The molecule has 0 atom stereocenters. The van der Waals surface area contributed by atoms with Gasteiger partial charge in [-0.3, -0.25) is 4.31 Å². The van der Waals surface area contributed by atoms with Crippen LogP contribution in [0.25, 0.3) is 0 Å². The van der Waals surface area contributed by atoms with Gasteiger partial charge in [-0.2, -0.15) is 0 Å². The van der Waals surface area contributed by atoms with Crippen molar-refractivity contribution in [3.63, 3.8) is 0 Å². The fraction of sp³-hybridized carbons (Fsp3) is 0.222. The highest BCUT2D eigenvalue weighted by atomic mass is 35.5. The molecule has 0 heterocycles. The Hall–Kier alpha value is -2.45. The molecule has 6 nitrogen and oxygen atoms in total. The average molecular weight is 416 g/mol.